The molecule has 4 aliphatic heterocycles. The lowest BCUT2D eigenvalue weighted by Gasteiger charge is -2.51. The number of carbonyl (C=O) groups is 1. The van der Waals surface area contributed by atoms with Crippen molar-refractivity contribution < 1.29 is 23.7 Å². The van der Waals surface area contributed by atoms with Crippen LogP contribution in [0.15, 0.2) is 11.8 Å². The molecular weight excluding hydrogens is 212 g/mol. The summed E-state index contributed by atoms with van der Waals surface area (Å²) in [6.45, 7) is 1.99. The lowest BCUT2D eigenvalue weighted by Crippen LogP contribution is -2.57. The molecule has 0 saturated carbocycles. The molecular formula is C11H14O5. The first kappa shape index (κ1) is 10.1. The smallest absolute Gasteiger partial charge is 0.337 e. The van der Waals surface area contributed by atoms with Crippen LogP contribution in [-0.2, 0) is 23.7 Å². The Bertz CT molecular complexity index is 350. The first-order valence-electron chi connectivity index (χ1n) is 5.45. The number of ether oxygens (including phenoxy) is 4. The van der Waals surface area contributed by atoms with Crippen LogP contribution in [-0.4, -0.2) is 31.8 Å². The summed E-state index contributed by atoms with van der Waals surface area (Å²) < 4.78 is 21.3. The molecule has 5 nitrogen and oxygen atoms in total. The monoisotopic (exact) mass is 226 g/mol. The quantitative estimate of drug-likeness (QED) is 0.619. The Morgan fingerprint density at radius 2 is 2.31 bits per heavy atom. The lowest BCUT2D eigenvalue weighted by atomic mass is 9.75. The Balaban J connectivity index is 1.93. The Morgan fingerprint density at radius 1 is 1.50 bits per heavy atom. The van der Waals surface area contributed by atoms with Gasteiger partial charge in [0.05, 0.1) is 31.0 Å². The van der Waals surface area contributed by atoms with Crippen molar-refractivity contribution in [2.24, 2.45) is 11.8 Å². The highest BCUT2D eigenvalue weighted by Crippen LogP contribution is 2.47. The molecule has 4 rings (SSSR count). The highest BCUT2D eigenvalue weighted by atomic mass is 16.8. The second-order valence-corrected chi connectivity index (χ2v) is 4.40. The third-order valence-electron chi connectivity index (χ3n) is 3.57. The summed E-state index contributed by atoms with van der Waals surface area (Å²) in [5, 5.41) is 0. The molecule has 0 aromatic rings. The van der Waals surface area contributed by atoms with Gasteiger partial charge < -0.3 is 18.9 Å². The summed E-state index contributed by atoms with van der Waals surface area (Å²) in [6.07, 6.45) is 1.70. The van der Waals surface area contributed by atoms with E-state index in [1.54, 1.807) is 0 Å². The number of fused-ring (bicyclic) bond motifs is 1. The van der Waals surface area contributed by atoms with Gasteiger partial charge in [0, 0.05) is 12.3 Å². The van der Waals surface area contributed by atoms with Crippen molar-refractivity contribution in [3.8, 4) is 0 Å². The third kappa shape index (κ3) is 1.28. The number of esters is 1. The van der Waals surface area contributed by atoms with E-state index in [2.05, 4.69) is 0 Å². The van der Waals surface area contributed by atoms with Crippen LogP contribution in [0.5, 0.6) is 0 Å². The van der Waals surface area contributed by atoms with Gasteiger partial charge in [0.1, 0.15) is 0 Å². The standard InChI is InChI=1S/C11H14O5/c1-5-9-6-3-8(15-5)16-11(9)14-4-7(6)10(12)13-2/h4-6,8-9,11H,3H2,1-2H3. The van der Waals surface area contributed by atoms with Crippen molar-refractivity contribution in [3.63, 3.8) is 0 Å². The van der Waals surface area contributed by atoms with E-state index in [1.807, 2.05) is 6.92 Å². The summed E-state index contributed by atoms with van der Waals surface area (Å²) in [4.78, 5) is 11.6. The van der Waals surface area contributed by atoms with E-state index < -0.39 is 0 Å². The zero-order chi connectivity index (χ0) is 11.3. The summed E-state index contributed by atoms with van der Waals surface area (Å²) in [5.74, 6) is -0.0963. The van der Waals surface area contributed by atoms with Crippen LogP contribution in [0.1, 0.15) is 13.3 Å². The largest absolute Gasteiger partial charge is 0.471 e. The number of carbonyl (C=O) groups excluding carboxylic acids is 1. The molecule has 4 aliphatic rings. The van der Waals surface area contributed by atoms with Gasteiger partial charge in [0.2, 0.25) is 6.29 Å². The van der Waals surface area contributed by atoms with Gasteiger partial charge in [-0.1, -0.05) is 0 Å². The number of rotatable bonds is 1. The molecule has 5 unspecified atom stereocenters. The summed E-state index contributed by atoms with van der Waals surface area (Å²) >= 11 is 0. The van der Waals surface area contributed by atoms with Gasteiger partial charge in [0.15, 0.2) is 6.29 Å². The zero-order valence-electron chi connectivity index (χ0n) is 9.21. The van der Waals surface area contributed by atoms with Gasteiger partial charge in [-0.2, -0.15) is 0 Å². The van der Waals surface area contributed by atoms with Crippen LogP contribution >= 0.6 is 0 Å². The molecule has 0 aromatic heterocycles. The Labute approximate surface area is 93.3 Å². The molecule has 4 heterocycles. The predicted molar refractivity (Wildman–Crippen MR) is 52.0 cm³/mol. The topological polar surface area (TPSA) is 54.0 Å². The van der Waals surface area contributed by atoms with Gasteiger partial charge in [-0.25, -0.2) is 4.79 Å². The highest BCUT2D eigenvalue weighted by Gasteiger charge is 2.53. The Morgan fingerprint density at radius 3 is 3.00 bits per heavy atom. The maximum absolute atomic E-state index is 11.6. The van der Waals surface area contributed by atoms with Gasteiger partial charge in [0.25, 0.3) is 0 Å². The highest BCUT2D eigenvalue weighted by molar-refractivity contribution is 5.89. The predicted octanol–water partition coefficient (Wildman–Crippen LogP) is 0.797. The Kier molecular flexibility index (Phi) is 2.19. The molecule has 3 fully saturated rings. The van der Waals surface area contributed by atoms with E-state index in [0.717, 1.165) is 0 Å². The van der Waals surface area contributed by atoms with Crippen molar-refractivity contribution in [2.75, 3.05) is 7.11 Å². The fraction of sp³-hybridized carbons (Fsp3) is 0.727. The average molecular weight is 226 g/mol. The molecule has 0 aliphatic carbocycles. The van der Waals surface area contributed by atoms with Crippen molar-refractivity contribution >= 4 is 5.97 Å². The van der Waals surface area contributed by atoms with E-state index in [0.29, 0.717) is 12.0 Å². The fourth-order valence-corrected chi connectivity index (χ4v) is 2.82. The van der Waals surface area contributed by atoms with E-state index in [-0.39, 0.29) is 36.5 Å². The van der Waals surface area contributed by atoms with E-state index in [4.69, 9.17) is 18.9 Å². The molecule has 0 amide bonds. The maximum Gasteiger partial charge on any atom is 0.337 e. The molecule has 0 N–H and O–H groups in total. The second-order valence-electron chi connectivity index (χ2n) is 4.40. The third-order valence-corrected chi connectivity index (χ3v) is 3.57. The van der Waals surface area contributed by atoms with Crippen molar-refractivity contribution in [1.29, 1.82) is 0 Å². The SMILES string of the molecule is COC(=O)C1=COC2OC3CC1C2C(C)O3. The van der Waals surface area contributed by atoms with E-state index >= 15 is 0 Å². The van der Waals surface area contributed by atoms with Crippen LogP contribution in [0.2, 0.25) is 0 Å². The van der Waals surface area contributed by atoms with Gasteiger partial charge in [-0.15, -0.1) is 0 Å². The molecule has 0 radical (unpaired) electrons. The molecule has 3 saturated heterocycles. The molecule has 16 heavy (non-hydrogen) atoms. The minimum absolute atomic E-state index is 0.0517. The van der Waals surface area contributed by atoms with Crippen LogP contribution in [0, 0.1) is 11.8 Å². The lowest BCUT2D eigenvalue weighted by molar-refractivity contribution is -0.363. The molecule has 0 spiro atoms. The number of methoxy groups -OCH3 is 1. The normalized spacial score (nSPS) is 44.6. The minimum atomic E-state index is -0.316. The molecule has 5 atom stereocenters. The summed E-state index contributed by atoms with van der Waals surface area (Å²) in [6, 6.07) is 0. The van der Waals surface area contributed by atoms with Crippen LogP contribution < -0.4 is 0 Å². The summed E-state index contributed by atoms with van der Waals surface area (Å²) in [7, 11) is 1.38. The minimum Gasteiger partial charge on any atom is -0.471 e. The van der Waals surface area contributed by atoms with Crippen LogP contribution in [0.4, 0.5) is 0 Å². The van der Waals surface area contributed by atoms with Crippen molar-refractivity contribution in [3.05, 3.63) is 11.8 Å². The summed E-state index contributed by atoms with van der Waals surface area (Å²) in [5.41, 5.74) is 0.604. The number of hydrogen-bond donors (Lipinski definition) is 0. The van der Waals surface area contributed by atoms with Gasteiger partial charge >= 0.3 is 5.97 Å². The molecule has 0 aromatic carbocycles. The van der Waals surface area contributed by atoms with Crippen molar-refractivity contribution in [1.82, 2.24) is 0 Å². The van der Waals surface area contributed by atoms with Crippen molar-refractivity contribution in [2.45, 2.75) is 32.0 Å². The molecule has 5 heteroatoms. The van der Waals surface area contributed by atoms with Gasteiger partial charge in [-0.3, -0.25) is 0 Å². The Hall–Kier alpha value is -1.07. The van der Waals surface area contributed by atoms with Crippen LogP contribution in [0.3, 0.4) is 0 Å². The first-order chi connectivity index (χ1) is 7.70. The maximum atomic E-state index is 11.6. The molecule has 4 bridgehead atoms. The molecule has 88 valence electrons. The van der Waals surface area contributed by atoms with Gasteiger partial charge in [-0.05, 0) is 6.92 Å². The van der Waals surface area contributed by atoms with E-state index in [9.17, 15) is 4.79 Å². The average Bonchev–Trinajstić information content (AvgIpc) is 2.27. The van der Waals surface area contributed by atoms with E-state index in [1.165, 1.54) is 13.4 Å². The number of hydrogen-bond acceptors (Lipinski definition) is 5. The fourth-order valence-electron chi connectivity index (χ4n) is 2.82. The first-order valence-corrected chi connectivity index (χ1v) is 5.45. The van der Waals surface area contributed by atoms with Crippen LogP contribution in [0.25, 0.3) is 0 Å². The second kappa shape index (κ2) is 3.46. The zero-order valence-corrected chi connectivity index (χ0v) is 9.21.